The third-order valence-corrected chi connectivity index (χ3v) is 3.71. The standard InChI is InChI=1S/C17H21N3O4/c1-11(2)19(13-8-6-5-7-9-13)14(21)10-18-15(22)16(23)20(12(3)4)17(18)24/h5-9,11-12H,10H2,1-4H3. The van der Waals surface area contributed by atoms with E-state index < -0.39 is 36.3 Å². The van der Waals surface area contributed by atoms with Crippen LogP contribution in [0.3, 0.4) is 0 Å². The van der Waals surface area contributed by atoms with E-state index in [0.29, 0.717) is 10.6 Å². The van der Waals surface area contributed by atoms with Crippen LogP contribution in [0.2, 0.25) is 0 Å². The number of imide groups is 2. The van der Waals surface area contributed by atoms with Crippen LogP contribution in [-0.2, 0) is 14.4 Å². The summed E-state index contributed by atoms with van der Waals surface area (Å²) in [5, 5.41) is 0. The summed E-state index contributed by atoms with van der Waals surface area (Å²) in [6.45, 7) is 6.49. The van der Waals surface area contributed by atoms with E-state index in [1.165, 1.54) is 4.90 Å². The smallest absolute Gasteiger partial charge is 0.308 e. The van der Waals surface area contributed by atoms with Crippen molar-refractivity contribution in [3.8, 4) is 0 Å². The summed E-state index contributed by atoms with van der Waals surface area (Å²) in [5.74, 6) is -2.27. The highest BCUT2D eigenvalue weighted by molar-refractivity contribution is 6.45. The first-order valence-corrected chi connectivity index (χ1v) is 7.81. The van der Waals surface area contributed by atoms with Crippen molar-refractivity contribution >= 4 is 29.4 Å². The van der Waals surface area contributed by atoms with Crippen molar-refractivity contribution < 1.29 is 19.2 Å². The molecule has 1 saturated heterocycles. The summed E-state index contributed by atoms with van der Waals surface area (Å²) < 4.78 is 0. The molecule has 0 unspecified atom stereocenters. The van der Waals surface area contributed by atoms with Gasteiger partial charge >= 0.3 is 17.8 Å². The van der Waals surface area contributed by atoms with Gasteiger partial charge in [0.15, 0.2) is 0 Å². The van der Waals surface area contributed by atoms with Gasteiger partial charge in [-0.1, -0.05) is 18.2 Å². The Kier molecular flexibility index (Phi) is 5.02. The summed E-state index contributed by atoms with van der Waals surface area (Å²) in [4.78, 5) is 52.0. The highest BCUT2D eigenvalue weighted by Gasteiger charge is 2.46. The molecule has 1 aromatic rings. The Hall–Kier alpha value is -2.70. The van der Waals surface area contributed by atoms with Gasteiger partial charge in [-0.25, -0.2) is 9.69 Å². The number of urea groups is 1. The summed E-state index contributed by atoms with van der Waals surface area (Å²) in [5.41, 5.74) is 0.670. The number of carbonyl (C=O) groups is 4. The molecule has 0 radical (unpaired) electrons. The van der Waals surface area contributed by atoms with E-state index in [4.69, 9.17) is 0 Å². The Morgan fingerprint density at radius 3 is 2.04 bits per heavy atom. The number of hydrogen-bond acceptors (Lipinski definition) is 4. The van der Waals surface area contributed by atoms with E-state index in [0.717, 1.165) is 4.90 Å². The predicted octanol–water partition coefficient (Wildman–Crippen LogP) is 1.63. The van der Waals surface area contributed by atoms with E-state index in [9.17, 15) is 19.2 Å². The van der Waals surface area contributed by atoms with Crippen molar-refractivity contribution in [1.82, 2.24) is 9.80 Å². The molecule has 0 spiro atoms. The van der Waals surface area contributed by atoms with Crippen LogP contribution < -0.4 is 4.90 Å². The summed E-state index contributed by atoms with van der Waals surface area (Å²) in [7, 11) is 0. The second-order valence-electron chi connectivity index (χ2n) is 6.14. The van der Waals surface area contributed by atoms with E-state index in [1.807, 2.05) is 19.9 Å². The first-order chi connectivity index (χ1) is 11.3. The lowest BCUT2D eigenvalue weighted by Gasteiger charge is -2.28. The average molecular weight is 331 g/mol. The zero-order valence-electron chi connectivity index (χ0n) is 14.2. The molecule has 0 N–H and O–H groups in total. The third kappa shape index (κ3) is 3.15. The lowest BCUT2D eigenvalue weighted by Crippen LogP contribution is -2.46. The summed E-state index contributed by atoms with van der Waals surface area (Å²) >= 11 is 0. The highest BCUT2D eigenvalue weighted by atomic mass is 16.2. The first kappa shape index (κ1) is 17.7. The molecule has 7 nitrogen and oxygen atoms in total. The highest BCUT2D eigenvalue weighted by Crippen LogP contribution is 2.19. The number of anilines is 1. The quantitative estimate of drug-likeness (QED) is 0.607. The molecule has 2 rings (SSSR count). The molecule has 128 valence electrons. The molecule has 7 heteroatoms. The molecule has 1 fully saturated rings. The van der Waals surface area contributed by atoms with Crippen LogP contribution in [0.25, 0.3) is 0 Å². The molecule has 5 amide bonds. The number of hydrogen-bond donors (Lipinski definition) is 0. The van der Waals surface area contributed by atoms with Crippen LogP contribution in [0, 0.1) is 0 Å². The van der Waals surface area contributed by atoms with Crippen LogP contribution in [0.1, 0.15) is 27.7 Å². The van der Waals surface area contributed by atoms with E-state index in [-0.39, 0.29) is 6.04 Å². The zero-order chi connectivity index (χ0) is 18.0. The second-order valence-corrected chi connectivity index (χ2v) is 6.14. The van der Waals surface area contributed by atoms with E-state index in [2.05, 4.69) is 0 Å². The molecule has 0 saturated carbocycles. The first-order valence-electron chi connectivity index (χ1n) is 7.81. The molecule has 0 aliphatic carbocycles. The van der Waals surface area contributed by atoms with Gasteiger partial charge in [0.2, 0.25) is 5.91 Å². The van der Waals surface area contributed by atoms with Crippen LogP contribution >= 0.6 is 0 Å². The molecular formula is C17H21N3O4. The lowest BCUT2D eigenvalue weighted by atomic mass is 10.2. The molecular weight excluding hydrogens is 310 g/mol. The van der Waals surface area contributed by atoms with Gasteiger partial charge in [-0.05, 0) is 39.8 Å². The summed E-state index contributed by atoms with van der Waals surface area (Å²) in [6, 6.07) is 7.63. The Morgan fingerprint density at radius 2 is 1.58 bits per heavy atom. The fourth-order valence-corrected chi connectivity index (χ4v) is 2.65. The molecule has 24 heavy (non-hydrogen) atoms. The predicted molar refractivity (Wildman–Crippen MR) is 88.2 cm³/mol. The van der Waals surface area contributed by atoms with Gasteiger partial charge in [-0.15, -0.1) is 0 Å². The van der Waals surface area contributed by atoms with Gasteiger partial charge in [0.1, 0.15) is 6.54 Å². The van der Waals surface area contributed by atoms with Crippen LogP contribution in [0.4, 0.5) is 10.5 Å². The van der Waals surface area contributed by atoms with Crippen LogP contribution in [-0.4, -0.2) is 52.2 Å². The number of nitrogens with zero attached hydrogens (tertiary/aromatic N) is 3. The van der Waals surface area contributed by atoms with E-state index in [1.54, 1.807) is 38.1 Å². The van der Waals surface area contributed by atoms with Gasteiger partial charge in [-0.3, -0.25) is 19.3 Å². The van der Waals surface area contributed by atoms with Crippen LogP contribution in [0.5, 0.6) is 0 Å². The second kappa shape index (κ2) is 6.82. The monoisotopic (exact) mass is 331 g/mol. The lowest BCUT2D eigenvalue weighted by molar-refractivity contribution is -0.144. The molecule has 0 aromatic heterocycles. The van der Waals surface area contributed by atoms with Gasteiger partial charge in [0.25, 0.3) is 0 Å². The van der Waals surface area contributed by atoms with Gasteiger partial charge in [0, 0.05) is 17.8 Å². The van der Waals surface area contributed by atoms with Crippen molar-refractivity contribution in [1.29, 1.82) is 0 Å². The molecule has 0 atom stereocenters. The number of amides is 5. The number of carbonyl (C=O) groups excluding carboxylic acids is 4. The Morgan fingerprint density at radius 1 is 1.00 bits per heavy atom. The van der Waals surface area contributed by atoms with Gasteiger partial charge in [-0.2, -0.15) is 0 Å². The van der Waals surface area contributed by atoms with Crippen molar-refractivity contribution in [3.05, 3.63) is 30.3 Å². The molecule has 0 bridgehead atoms. The van der Waals surface area contributed by atoms with Crippen LogP contribution in [0.15, 0.2) is 30.3 Å². The van der Waals surface area contributed by atoms with E-state index >= 15 is 0 Å². The maximum absolute atomic E-state index is 12.7. The molecule has 1 aliphatic rings. The summed E-state index contributed by atoms with van der Waals surface area (Å²) in [6.07, 6.45) is 0. The largest absolute Gasteiger partial charge is 0.334 e. The topological polar surface area (TPSA) is 78.0 Å². The van der Waals surface area contributed by atoms with Crippen molar-refractivity contribution in [2.24, 2.45) is 0 Å². The minimum absolute atomic E-state index is 0.162. The average Bonchev–Trinajstić information content (AvgIpc) is 2.72. The van der Waals surface area contributed by atoms with Gasteiger partial charge in [0.05, 0.1) is 0 Å². The van der Waals surface area contributed by atoms with Gasteiger partial charge < -0.3 is 4.90 Å². The SMILES string of the molecule is CC(C)N1C(=O)C(=O)N(CC(=O)N(c2ccccc2)C(C)C)C1=O. The number of benzene rings is 1. The Bertz CT molecular complexity index is 670. The fraction of sp³-hybridized carbons (Fsp3) is 0.412. The third-order valence-electron chi connectivity index (χ3n) is 3.71. The fourth-order valence-electron chi connectivity index (χ4n) is 2.65. The molecule has 1 aliphatic heterocycles. The maximum atomic E-state index is 12.7. The normalized spacial score (nSPS) is 15.0. The molecule has 1 aromatic carbocycles. The zero-order valence-corrected chi connectivity index (χ0v) is 14.2. The van der Waals surface area contributed by atoms with Crippen molar-refractivity contribution in [2.75, 3.05) is 11.4 Å². The van der Waals surface area contributed by atoms with Crippen molar-refractivity contribution in [3.63, 3.8) is 0 Å². The minimum atomic E-state index is -0.959. The maximum Gasteiger partial charge on any atom is 0.334 e. The Labute approximate surface area is 140 Å². The Balaban J connectivity index is 2.23. The number of rotatable bonds is 5. The molecule has 1 heterocycles. The number of para-hydroxylation sites is 1. The van der Waals surface area contributed by atoms with Crippen molar-refractivity contribution in [2.45, 2.75) is 39.8 Å². The minimum Gasteiger partial charge on any atom is -0.308 e.